The molecule has 3 N–H and O–H groups in total. The quantitative estimate of drug-likeness (QED) is 0.806. The van der Waals surface area contributed by atoms with Crippen LogP contribution in [0.1, 0.15) is 17.8 Å². The van der Waals surface area contributed by atoms with Gasteiger partial charge in [0.25, 0.3) is 0 Å². The number of aromatic nitrogens is 2. The predicted octanol–water partition coefficient (Wildman–Crippen LogP) is 0.157. The van der Waals surface area contributed by atoms with Crippen LogP contribution in [0.4, 0.5) is 0 Å². The second kappa shape index (κ2) is 5.80. The van der Waals surface area contributed by atoms with Crippen LogP contribution in [-0.2, 0) is 11.3 Å². The molecule has 0 bridgehead atoms. The number of nitrogens with zero attached hydrogens (tertiary/aromatic N) is 2. The molecule has 0 spiro atoms. The molecule has 1 aromatic carbocycles. The molecule has 1 aliphatic heterocycles. The van der Waals surface area contributed by atoms with E-state index in [9.17, 15) is 4.79 Å². The number of rotatable bonds is 5. The number of benzene rings is 1. The molecule has 21 heavy (non-hydrogen) atoms. The summed E-state index contributed by atoms with van der Waals surface area (Å²) >= 11 is 0. The molecular weight excluding hydrogens is 276 g/mol. The number of primary amides is 1. The highest BCUT2D eigenvalue weighted by molar-refractivity contribution is 5.75. The number of hydrogen-bond acceptors (Lipinski definition) is 7. The fourth-order valence-corrected chi connectivity index (χ4v) is 1.91. The van der Waals surface area contributed by atoms with Crippen molar-refractivity contribution in [2.45, 2.75) is 12.6 Å². The predicted molar refractivity (Wildman–Crippen MR) is 70.5 cm³/mol. The first-order valence-corrected chi connectivity index (χ1v) is 6.42. The lowest BCUT2D eigenvalue weighted by atomic mass is 10.2. The Labute approximate surface area is 120 Å². The first kappa shape index (κ1) is 13.4. The number of para-hydroxylation sites is 2. The minimum absolute atomic E-state index is 0.0497. The number of carbonyl (C=O) groups excluding carboxylic acids is 1. The maximum atomic E-state index is 10.6. The molecule has 0 aliphatic carbocycles. The lowest BCUT2D eigenvalue weighted by molar-refractivity contribution is -0.117. The summed E-state index contributed by atoms with van der Waals surface area (Å²) in [5, 5.41) is 6.65. The monoisotopic (exact) mass is 290 g/mol. The molecule has 8 heteroatoms. The molecule has 0 fully saturated rings. The van der Waals surface area contributed by atoms with E-state index < -0.39 is 12.0 Å². The van der Waals surface area contributed by atoms with Crippen LogP contribution in [0.25, 0.3) is 0 Å². The summed E-state index contributed by atoms with van der Waals surface area (Å²) in [5.74, 6) is 1.65. The van der Waals surface area contributed by atoms with Gasteiger partial charge in [-0.05, 0) is 12.1 Å². The highest BCUT2D eigenvalue weighted by atomic mass is 16.6. The van der Waals surface area contributed by atoms with Gasteiger partial charge in [0.15, 0.2) is 17.6 Å². The maximum absolute atomic E-state index is 10.6. The van der Waals surface area contributed by atoms with Gasteiger partial charge >= 0.3 is 0 Å². The summed E-state index contributed by atoms with van der Waals surface area (Å²) in [6.45, 7) is 0.624. The molecule has 0 radical (unpaired) electrons. The number of carbonyl (C=O) groups is 1. The zero-order chi connectivity index (χ0) is 14.7. The van der Waals surface area contributed by atoms with Gasteiger partial charge in [-0.15, -0.1) is 0 Å². The van der Waals surface area contributed by atoms with Crippen LogP contribution in [0, 0.1) is 0 Å². The van der Waals surface area contributed by atoms with Crippen molar-refractivity contribution in [2.24, 2.45) is 5.73 Å². The molecule has 1 aliphatic rings. The van der Waals surface area contributed by atoms with Crippen molar-refractivity contribution in [2.75, 3.05) is 13.2 Å². The average Bonchev–Trinajstić information content (AvgIpc) is 2.95. The van der Waals surface area contributed by atoms with Crippen LogP contribution in [-0.4, -0.2) is 29.2 Å². The van der Waals surface area contributed by atoms with Gasteiger partial charge in [0.1, 0.15) is 6.61 Å². The number of nitrogens with one attached hydrogen (secondary N) is 1. The molecule has 1 unspecified atom stereocenters. The van der Waals surface area contributed by atoms with Crippen molar-refractivity contribution in [1.29, 1.82) is 0 Å². The van der Waals surface area contributed by atoms with E-state index in [1.807, 2.05) is 24.3 Å². The van der Waals surface area contributed by atoms with E-state index >= 15 is 0 Å². The van der Waals surface area contributed by atoms with Crippen LogP contribution in [0.15, 0.2) is 28.8 Å². The van der Waals surface area contributed by atoms with E-state index in [1.54, 1.807) is 0 Å². The Balaban J connectivity index is 1.63. The molecular formula is C13H14N4O4. The summed E-state index contributed by atoms with van der Waals surface area (Å²) in [4.78, 5) is 14.8. The van der Waals surface area contributed by atoms with Gasteiger partial charge in [0, 0.05) is 0 Å². The van der Waals surface area contributed by atoms with Crippen LogP contribution in [0.3, 0.4) is 0 Å². The first-order valence-electron chi connectivity index (χ1n) is 6.42. The van der Waals surface area contributed by atoms with E-state index in [4.69, 9.17) is 19.7 Å². The summed E-state index contributed by atoms with van der Waals surface area (Å²) < 4.78 is 16.4. The van der Waals surface area contributed by atoms with Crippen molar-refractivity contribution in [3.8, 4) is 11.5 Å². The molecule has 1 aromatic heterocycles. The summed E-state index contributed by atoms with van der Waals surface area (Å²) in [7, 11) is 0. The summed E-state index contributed by atoms with van der Waals surface area (Å²) in [6, 6.07) is 7.39. The molecule has 1 atom stereocenters. The molecule has 2 aromatic rings. The van der Waals surface area contributed by atoms with E-state index in [-0.39, 0.29) is 13.1 Å². The number of hydrogen-bond donors (Lipinski definition) is 2. The number of ether oxygens (including phenoxy) is 2. The van der Waals surface area contributed by atoms with Crippen LogP contribution in [0.5, 0.6) is 11.5 Å². The molecule has 8 nitrogen and oxygen atoms in total. The van der Waals surface area contributed by atoms with Gasteiger partial charge < -0.3 is 19.7 Å². The Kier molecular flexibility index (Phi) is 3.69. The Morgan fingerprint density at radius 1 is 1.38 bits per heavy atom. The topological polar surface area (TPSA) is 113 Å². The molecule has 110 valence electrons. The van der Waals surface area contributed by atoms with Gasteiger partial charge in [0.2, 0.25) is 17.6 Å². The fourth-order valence-electron chi connectivity index (χ4n) is 1.91. The van der Waals surface area contributed by atoms with Gasteiger partial charge in [-0.2, -0.15) is 4.98 Å². The van der Waals surface area contributed by atoms with Crippen LogP contribution in [0.2, 0.25) is 0 Å². The second-order valence-corrected chi connectivity index (χ2v) is 4.48. The number of fused-ring (bicyclic) bond motifs is 1. The molecule has 0 saturated heterocycles. The maximum Gasteiger partial charge on any atom is 0.240 e. The third-order valence-electron chi connectivity index (χ3n) is 2.86. The number of amides is 1. The normalized spacial score (nSPS) is 16.7. The fraction of sp³-hybridized carbons (Fsp3) is 0.308. The van der Waals surface area contributed by atoms with E-state index in [0.29, 0.717) is 29.8 Å². The van der Waals surface area contributed by atoms with Crippen molar-refractivity contribution in [3.05, 3.63) is 36.0 Å². The van der Waals surface area contributed by atoms with E-state index in [0.717, 1.165) is 0 Å². The highest BCUT2D eigenvalue weighted by Crippen LogP contribution is 2.34. The van der Waals surface area contributed by atoms with E-state index in [2.05, 4.69) is 15.5 Å². The Hall–Kier alpha value is -2.61. The Bertz CT molecular complexity index is 643. The Morgan fingerprint density at radius 3 is 3.00 bits per heavy atom. The standard InChI is InChI=1S/C13H14N4O4/c14-11(18)5-15-6-12-16-13(17-21-12)10-7-19-8-3-1-2-4-9(8)20-10/h1-4,10,15H,5-7H2,(H2,14,18). The lowest BCUT2D eigenvalue weighted by Gasteiger charge is -2.24. The third-order valence-corrected chi connectivity index (χ3v) is 2.86. The summed E-state index contributed by atoms with van der Waals surface area (Å²) in [6.07, 6.45) is -0.423. The van der Waals surface area contributed by atoms with Crippen LogP contribution < -0.4 is 20.5 Å². The molecule has 2 heterocycles. The second-order valence-electron chi connectivity index (χ2n) is 4.48. The minimum Gasteiger partial charge on any atom is -0.485 e. The van der Waals surface area contributed by atoms with Gasteiger partial charge in [0.05, 0.1) is 13.1 Å². The largest absolute Gasteiger partial charge is 0.485 e. The Morgan fingerprint density at radius 2 is 2.19 bits per heavy atom. The lowest BCUT2D eigenvalue weighted by Crippen LogP contribution is -2.28. The van der Waals surface area contributed by atoms with Crippen molar-refractivity contribution in [1.82, 2.24) is 15.5 Å². The van der Waals surface area contributed by atoms with Crippen molar-refractivity contribution >= 4 is 5.91 Å². The summed E-state index contributed by atoms with van der Waals surface area (Å²) in [5.41, 5.74) is 5.02. The molecule has 3 rings (SSSR count). The van der Waals surface area contributed by atoms with Gasteiger partial charge in [-0.25, -0.2) is 0 Å². The molecule has 1 amide bonds. The van der Waals surface area contributed by atoms with Crippen LogP contribution >= 0.6 is 0 Å². The van der Waals surface area contributed by atoms with E-state index in [1.165, 1.54) is 0 Å². The molecule has 0 saturated carbocycles. The zero-order valence-electron chi connectivity index (χ0n) is 11.1. The first-order chi connectivity index (χ1) is 10.2. The van der Waals surface area contributed by atoms with Crippen molar-refractivity contribution in [3.63, 3.8) is 0 Å². The SMILES string of the molecule is NC(=O)CNCc1nc(C2COc3ccccc3O2)no1. The minimum atomic E-state index is -0.449. The number of nitrogens with two attached hydrogens (primary N) is 1. The van der Waals surface area contributed by atoms with Crippen molar-refractivity contribution < 1.29 is 18.8 Å². The third kappa shape index (κ3) is 3.11. The van der Waals surface area contributed by atoms with Gasteiger partial charge in [-0.1, -0.05) is 17.3 Å². The highest BCUT2D eigenvalue weighted by Gasteiger charge is 2.26. The zero-order valence-corrected chi connectivity index (χ0v) is 11.1. The average molecular weight is 290 g/mol. The van der Waals surface area contributed by atoms with Gasteiger partial charge in [-0.3, -0.25) is 10.1 Å². The smallest absolute Gasteiger partial charge is 0.240 e.